The number of nitrogens with one attached hydrogen (secondary N) is 1. The Morgan fingerprint density at radius 2 is 2.04 bits per heavy atom. The standard InChI is InChI=1S/C18H22FN3O3/c1-12-7-5-6-10-21(12)15(23)11-22-16(24)18(2,20-17(22)25)13-8-3-4-9-14(13)19/h3-4,8-9,12H,5-7,10-11H2,1-2H3,(H,20,25)/t12-,18-/m0/s1. The van der Waals surface area contributed by atoms with Gasteiger partial charge in [-0.2, -0.15) is 0 Å². The van der Waals surface area contributed by atoms with Crippen LogP contribution in [-0.4, -0.2) is 46.8 Å². The van der Waals surface area contributed by atoms with Gasteiger partial charge in [-0.05, 0) is 39.2 Å². The summed E-state index contributed by atoms with van der Waals surface area (Å²) < 4.78 is 14.1. The molecule has 7 heteroatoms. The number of hydrogen-bond donors (Lipinski definition) is 1. The van der Waals surface area contributed by atoms with Crippen LogP contribution >= 0.6 is 0 Å². The molecular weight excluding hydrogens is 325 g/mol. The van der Waals surface area contributed by atoms with Crippen LogP contribution in [0.1, 0.15) is 38.7 Å². The van der Waals surface area contributed by atoms with Crippen molar-refractivity contribution in [3.63, 3.8) is 0 Å². The number of hydrogen-bond acceptors (Lipinski definition) is 3. The molecule has 2 fully saturated rings. The largest absolute Gasteiger partial charge is 0.338 e. The zero-order chi connectivity index (χ0) is 18.2. The van der Waals surface area contributed by atoms with Crippen LogP contribution in [0.15, 0.2) is 24.3 Å². The van der Waals surface area contributed by atoms with Crippen LogP contribution in [-0.2, 0) is 15.1 Å². The molecule has 2 atom stereocenters. The number of benzene rings is 1. The number of likely N-dealkylation sites (tertiary alicyclic amines) is 1. The first-order valence-corrected chi connectivity index (χ1v) is 8.53. The molecule has 2 saturated heterocycles. The first-order valence-electron chi connectivity index (χ1n) is 8.53. The second kappa shape index (κ2) is 6.46. The Morgan fingerprint density at radius 3 is 2.72 bits per heavy atom. The molecule has 25 heavy (non-hydrogen) atoms. The molecule has 4 amide bonds. The third-order valence-electron chi connectivity index (χ3n) is 5.10. The van der Waals surface area contributed by atoms with E-state index < -0.39 is 23.3 Å². The quantitative estimate of drug-likeness (QED) is 0.850. The molecule has 1 aromatic carbocycles. The molecule has 2 aliphatic rings. The van der Waals surface area contributed by atoms with Crippen molar-refractivity contribution in [2.45, 2.75) is 44.7 Å². The van der Waals surface area contributed by atoms with Gasteiger partial charge in [0.25, 0.3) is 5.91 Å². The minimum absolute atomic E-state index is 0.0923. The zero-order valence-electron chi connectivity index (χ0n) is 14.4. The Bertz CT molecular complexity index is 723. The van der Waals surface area contributed by atoms with Crippen molar-refractivity contribution in [3.05, 3.63) is 35.6 Å². The van der Waals surface area contributed by atoms with Gasteiger partial charge in [-0.1, -0.05) is 18.2 Å². The molecule has 1 N–H and O–H groups in total. The predicted octanol–water partition coefficient (Wildman–Crippen LogP) is 1.99. The summed E-state index contributed by atoms with van der Waals surface area (Å²) in [4.78, 5) is 40.2. The zero-order valence-corrected chi connectivity index (χ0v) is 14.4. The van der Waals surface area contributed by atoms with Crippen LogP contribution in [0, 0.1) is 5.82 Å². The van der Waals surface area contributed by atoms with Gasteiger partial charge in [0.1, 0.15) is 17.9 Å². The molecule has 6 nitrogen and oxygen atoms in total. The van der Waals surface area contributed by atoms with Crippen molar-refractivity contribution in [2.75, 3.05) is 13.1 Å². The second-order valence-electron chi connectivity index (χ2n) is 6.86. The first-order chi connectivity index (χ1) is 11.8. The van der Waals surface area contributed by atoms with Crippen LogP contribution in [0.2, 0.25) is 0 Å². The summed E-state index contributed by atoms with van der Waals surface area (Å²) in [7, 11) is 0. The molecule has 2 heterocycles. The van der Waals surface area contributed by atoms with Gasteiger partial charge >= 0.3 is 6.03 Å². The van der Waals surface area contributed by atoms with Crippen LogP contribution in [0.25, 0.3) is 0 Å². The maximum atomic E-state index is 14.1. The number of nitrogens with zero attached hydrogens (tertiary/aromatic N) is 2. The average molecular weight is 347 g/mol. The summed E-state index contributed by atoms with van der Waals surface area (Å²) >= 11 is 0. The molecular formula is C18H22FN3O3. The van der Waals surface area contributed by atoms with Crippen LogP contribution < -0.4 is 5.32 Å². The molecule has 0 aromatic heterocycles. The van der Waals surface area contributed by atoms with E-state index in [1.165, 1.54) is 25.1 Å². The second-order valence-corrected chi connectivity index (χ2v) is 6.86. The molecule has 1 aromatic rings. The molecule has 0 spiro atoms. The molecule has 0 radical (unpaired) electrons. The molecule has 3 rings (SSSR count). The predicted molar refractivity (Wildman–Crippen MR) is 89.0 cm³/mol. The van der Waals surface area contributed by atoms with E-state index in [1.54, 1.807) is 11.0 Å². The number of halogens is 1. The Balaban J connectivity index is 1.80. The van der Waals surface area contributed by atoms with Gasteiger partial charge in [-0.3, -0.25) is 14.5 Å². The highest BCUT2D eigenvalue weighted by atomic mass is 19.1. The van der Waals surface area contributed by atoms with E-state index >= 15 is 0 Å². The van der Waals surface area contributed by atoms with Gasteiger partial charge < -0.3 is 10.2 Å². The van der Waals surface area contributed by atoms with Crippen molar-refractivity contribution in [1.82, 2.24) is 15.1 Å². The molecule has 134 valence electrons. The lowest BCUT2D eigenvalue weighted by Gasteiger charge is -2.34. The minimum Gasteiger partial charge on any atom is -0.338 e. The number of rotatable bonds is 3. The van der Waals surface area contributed by atoms with Crippen molar-refractivity contribution >= 4 is 17.8 Å². The van der Waals surface area contributed by atoms with E-state index in [2.05, 4.69) is 5.32 Å². The SMILES string of the molecule is C[C@H]1CCCCN1C(=O)CN1C(=O)N[C@@](C)(c2ccccc2F)C1=O. The number of carbonyl (C=O) groups excluding carboxylic acids is 3. The van der Waals surface area contributed by atoms with Crippen molar-refractivity contribution in [1.29, 1.82) is 0 Å². The van der Waals surface area contributed by atoms with Crippen LogP contribution in [0.3, 0.4) is 0 Å². The molecule has 2 aliphatic heterocycles. The summed E-state index contributed by atoms with van der Waals surface area (Å²) in [6.07, 6.45) is 2.90. The number of imide groups is 1. The summed E-state index contributed by atoms with van der Waals surface area (Å²) in [6.45, 7) is 3.74. The lowest BCUT2D eigenvalue weighted by molar-refractivity contribution is -0.140. The third kappa shape index (κ3) is 2.99. The topological polar surface area (TPSA) is 69.7 Å². The molecule has 0 unspecified atom stereocenters. The molecule has 0 saturated carbocycles. The van der Waals surface area contributed by atoms with Crippen LogP contribution in [0.4, 0.5) is 9.18 Å². The number of amides is 4. The lowest BCUT2D eigenvalue weighted by Crippen LogP contribution is -2.48. The number of urea groups is 1. The number of carbonyl (C=O) groups is 3. The van der Waals surface area contributed by atoms with Gasteiger partial charge in [0.05, 0.1) is 0 Å². The maximum Gasteiger partial charge on any atom is 0.325 e. The van der Waals surface area contributed by atoms with Crippen molar-refractivity contribution < 1.29 is 18.8 Å². The fourth-order valence-electron chi connectivity index (χ4n) is 3.58. The van der Waals surface area contributed by atoms with Gasteiger partial charge in [-0.15, -0.1) is 0 Å². The third-order valence-corrected chi connectivity index (χ3v) is 5.10. The Labute approximate surface area is 146 Å². The highest BCUT2D eigenvalue weighted by Gasteiger charge is 2.51. The monoisotopic (exact) mass is 347 g/mol. The van der Waals surface area contributed by atoms with Crippen LogP contribution in [0.5, 0.6) is 0 Å². The van der Waals surface area contributed by atoms with Crippen molar-refractivity contribution in [3.8, 4) is 0 Å². The van der Waals surface area contributed by atoms with E-state index in [1.807, 2.05) is 6.92 Å². The Kier molecular flexibility index (Phi) is 4.49. The van der Waals surface area contributed by atoms with E-state index in [9.17, 15) is 18.8 Å². The van der Waals surface area contributed by atoms with E-state index in [0.29, 0.717) is 6.54 Å². The van der Waals surface area contributed by atoms with Gasteiger partial charge in [0, 0.05) is 18.2 Å². The van der Waals surface area contributed by atoms with Crippen molar-refractivity contribution in [2.24, 2.45) is 0 Å². The smallest absolute Gasteiger partial charge is 0.325 e. The summed E-state index contributed by atoms with van der Waals surface area (Å²) in [5.41, 5.74) is -1.41. The highest BCUT2D eigenvalue weighted by Crippen LogP contribution is 2.30. The van der Waals surface area contributed by atoms with Gasteiger partial charge in [0.2, 0.25) is 5.91 Å². The Hall–Kier alpha value is -2.44. The summed E-state index contributed by atoms with van der Waals surface area (Å²) in [6, 6.07) is 5.25. The fraction of sp³-hybridized carbons (Fsp3) is 0.500. The van der Waals surface area contributed by atoms with E-state index in [0.717, 1.165) is 24.2 Å². The van der Waals surface area contributed by atoms with E-state index in [-0.39, 0.29) is 24.1 Å². The first kappa shape index (κ1) is 17.4. The average Bonchev–Trinajstić information content (AvgIpc) is 2.79. The maximum absolute atomic E-state index is 14.1. The fourth-order valence-corrected chi connectivity index (χ4v) is 3.58. The summed E-state index contributed by atoms with van der Waals surface area (Å²) in [5, 5.41) is 2.53. The molecule has 0 bridgehead atoms. The lowest BCUT2D eigenvalue weighted by atomic mass is 9.91. The normalized spacial score (nSPS) is 26.8. The minimum atomic E-state index is -1.50. The number of piperidine rings is 1. The molecule has 0 aliphatic carbocycles. The van der Waals surface area contributed by atoms with Gasteiger partial charge in [-0.25, -0.2) is 9.18 Å². The van der Waals surface area contributed by atoms with Gasteiger partial charge in [0.15, 0.2) is 0 Å². The van der Waals surface area contributed by atoms with E-state index in [4.69, 9.17) is 0 Å². The Morgan fingerprint density at radius 1 is 1.32 bits per heavy atom. The summed E-state index contributed by atoms with van der Waals surface area (Å²) in [5.74, 6) is -1.44. The highest BCUT2D eigenvalue weighted by molar-refractivity contribution is 6.09.